The molecule has 2 heterocycles. The number of piperazine rings is 1. The van der Waals surface area contributed by atoms with Gasteiger partial charge in [0.05, 0.1) is 0 Å². The van der Waals surface area contributed by atoms with E-state index < -0.39 is 0 Å². The first-order valence-electron chi connectivity index (χ1n) is 7.83. The SMILES string of the molecule is CC(C)(CC(=O)N1CCCCCC1)N1CCNCC1. The van der Waals surface area contributed by atoms with Gasteiger partial charge in [0.2, 0.25) is 5.91 Å². The van der Waals surface area contributed by atoms with Crippen molar-refractivity contribution in [2.24, 2.45) is 0 Å². The molecule has 19 heavy (non-hydrogen) atoms. The van der Waals surface area contributed by atoms with Crippen LogP contribution in [0, 0.1) is 0 Å². The first kappa shape index (κ1) is 14.8. The van der Waals surface area contributed by atoms with Crippen LogP contribution in [0.1, 0.15) is 46.0 Å². The normalized spacial score (nSPS) is 23.2. The Morgan fingerprint density at radius 1 is 1.00 bits per heavy atom. The van der Waals surface area contributed by atoms with Gasteiger partial charge < -0.3 is 10.2 Å². The number of hydrogen-bond donors (Lipinski definition) is 1. The minimum atomic E-state index is -0.00844. The van der Waals surface area contributed by atoms with Crippen molar-refractivity contribution in [3.05, 3.63) is 0 Å². The zero-order chi connectivity index (χ0) is 13.7. The molecule has 2 fully saturated rings. The van der Waals surface area contributed by atoms with Gasteiger partial charge in [-0.15, -0.1) is 0 Å². The first-order chi connectivity index (χ1) is 9.09. The second kappa shape index (κ2) is 6.71. The molecule has 0 aliphatic carbocycles. The second-order valence-corrected chi connectivity index (χ2v) is 6.52. The van der Waals surface area contributed by atoms with E-state index >= 15 is 0 Å². The first-order valence-corrected chi connectivity index (χ1v) is 7.83. The molecule has 2 saturated heterocycles. The standard InChI is InChI=1S/C15H29N3O/c1-15(2,18-11-7-16-8-12-18)13-14(19)17-9-5-3-4-6-10-17/h16H,3-13H2,1-2H3. The third-order valence-corrected chi connectivity index (χ3v) is 4.52. The van der Waals surface area contributed by atoms with Gasteiger partial charge in [0, 0.05) is 51.2 Å². The molecule has 0 spiro atoms. The van der Waals surface area contributed by atoms with Gasteiger partial charge in [-0.2, -0.15) is 0 Å². The van der Waals surface area contributed by atoms with Gasteiger partial charge in [0.25, 0.3) is 0 Å². The van der Waals surface area contributed by atoms with Crippen LogP contribution in [0.5, 0.6) is 0 Å². The Balaban J connectivity index is 1.88. The number of carbonyl (C=O) groups is 1. The van der Waals surface area contributed by atoms with E-state index in [1.54, 1.807) is 0 Å². The molecule has 0 aromatic carbocycles. The van der Waals surface area contributed by atoms with Crippen LogP contribution in [0.2, 0.25) is 0 Å². The maximum Gasteiger partial charge on any atom is 0.224 e. The van der Waals surface area contributed by atoms with E-state index in [4.69, 9.17) is 0 Å². The summed E-state index contributed by atoms with van der Waals surface area (Å²) in [7, 11) is 0. The highest BCUT2D eigenvalue weighted by Crippen LogP contribution is 2.21. The van der Waals surface area contributed by atoms with Crippen LogP contribution < -0.4 is 5.32 Å². The smallest absolute Gasteiger partial charge is 0.224 e. The van der Waals surface area contributed by atoms with Crippen LogP contribution >= 0.6 is 0 Å². The molecule has 0 saturated carbocycles. The van der Waals surface area contributed by atoms with Crippen molar-refractivity contribution in [1.29, 1.82) is 0 Å². The predicted molar refractivity (Wildman–Crippen MR) is 78.2 cm³/mol. The predicted octanol–water partition coefficient (Wildman–Crippen LogP) is 1.46. The topological polar surface area (TPSA) is 35.6 Å². The number of nitrogens with one attached hydrogen (secondary N) is 1. The van der Waals surface area contributed by atoms with Gasteiger partial charge in [0.15, 0.2) is 0 Å². The number of nitrogens with zero attached hydrogens (tertiary/aromatic N) is 2. The molecule has 2 aliphatic heterocycles. The van der Waals surface area contributed by atoms with Crippen LogP contribution in [-0.4, -0.2) is 60.5 Å². The monoisotopic (exact) mass is 267 g/mol. The maximum atomic E-state index is 12.5. The van der Waals surface area contributed by atoms with Crippen LogP contribution in [0.3, 0.4) is 0 Å². The molecule has 2 aliphatic rings. The summed E-state index contributed by atoms with van der Waals surface area (Å²) in [4.78, 5) is 17.0. The fourth-order valence-electron chi connectivity index (χ4n) is 3.18. The van der Waals surface area contributed by atoms with Gasteiger partial charge in [-0.25, -0.2) is 0 Å². The van der Waals surface area contributed by atoms with E-state index in [1.165, 1.54) is 25.7 Å². The van der Waals surface area contributed by atoms with Gasteiger partial charge in [-0.3, -0.25) is 9.69 Å². The van der Waals surface area contributed by atoms with Crippen LogP contribution in [0.15, 0.2) is 0 Å². The van der Waals surface area contributed by atoms with Crippen LogP contribution in [0.25, 0.3) is 0 Å². The number of likely N-dealkylation sites (tertiary alicyclic amines) is 1. The quantitative estimate of drug-likeness (QED) is 0.841. The van der Waals surface area contributed by atoms with E-state index in [-0.39, 0.29) is 5.54 Å². The lowest BCUT2D eigenvalue weighted by Crippen LogP contribution is -2.55. The summed E-state index contributed by atoms with van der Waals surface area (Å²) < 4.78 is 0. The maximum absolute atomic E-state index is 12.5. The Bertz CT molecular complexity index is 290. The number of carbonyl (C=O) groups excluding carboxylic acids is 1. The summed E-state index contributed by atoms with van der Waals surface area (Å²) in [5, 5.41) is 3.37. The van der Waals surface area contributed by atoms with E-state index in [1.807, 2.05) is 0 Å². The molecular weight excluding hydrogens is 238 g/mol. The summed E-state index contributed by atoms with van der Waals surface area (Å²) in [6.07, 6.45) is 5.59. The average Bonchev–Trinajstić information content (AvgIpc) is 2.68. The number of hydrogen-bond acceptors (Lipinski definition) is 3. The molecule has 0 atom stereocenters. The van der Waals surface area contributed by atoms with Gasteiger partial charge in [0.1, 0.15) is 0 Å². The Labute approximate surface area is 117 Å². The van der Waals surface area contributed by atoms with E-state index in [9.17, 15) is 4.79 Å². The summed E-state index contributed by atoms with van der Waals surface area (Å²) >= 11 is 0. The number of amides is 1. The third kappa shape index (κ3) is 4.18. The summed E-state index contributed by atoms with van der Waals surface area (Å²) in [5.74, 6) is 0.352. The minimum Gasteiger partial charge on any atom is -0.343 e. The minimum absolute atomic E-state index is 0.00844. The fourth-order valence-corrected chi connectivity index (χ4v) is 3.18. The van der Waals surface area contributed by atoms with Crippen molar-refractivity contribution in [3.8, 4) is 0 Å². The Hall–Kier alpha value is -0.610. The molecular formula is C15H29N3O. The van der Waals surface area contributed by atoms with Crippen LogP contribution in [-0.2, 0) is 4.79 Å². The van der Waals surface area contributed by atoms with Gasteiger partial charge in [-0.1, -0.05) is 12.8 Å². The lowest BCUT2D eigenvalue weighted by Gasteiger charge is -2.41. The third-order valence-electron chi connectivity index (χ3n) is 4.52. The molecule has 4 heteroatoms. The van der Waals surface area contributed by atoms with Gasteiger partial charge in [-0.05, 0) is 26.7 Å². The van der Waals surface area contributed by atoms with Crippen molar-refractivity contribution < 1.29 is 4.79 Å². The molecule has 2 rings (SSSR count). The van der Waals surface area contributed by atoms with Crippen molar-refractivity contribution in [2.45, 2.75) is 51.5 Å². The van der Waals surface area contributed by atoms with E-state index in [0.717, 1.165) is 39.3 Å². The summed E-state index contributed by atoms with van der Waals surface area (Å²) in [6.45, 7) is 10.6. The lowest BCUT2D eigenvalue weighted by atomic mass is 9.96. The van der Waals surface area contributed by atoms with E-state index in [2.05, 4.69) is 29.0 Å². The number of rotatable bonds is 3. The Morgan fingerprint density at radius 2 is 1.58 bits per heavy atom. The van der Waals surface area contributed by atoms with Crippen molar-refractivity contribution in [2.75, 3.05) is 39.3 Å². The molecule has 1 N–H and O–H groups in total. The van der Waals surface area contributed by atoms with Crippen molar-refractivity contribution in [1.82, 2.24) is 15.1 Å². The highest BCUT2D eigenvalue weighted by molar-refractivity contribution is 5.77. The van der Waals surface area contributed by atoms with Gasteiger partial charge >= 0.3 is 0 Å². The molecule has 4 nitrogen and oxygen atoms in total. The fraction of sp³-hybridized carbons (Fsp3) is 0.933. The molecule has 0 aromatic heterocycles. The highest BCUT2D eigenvalue weighted by Gasteiger charge is 2.31. The van der Waals surface area contributed by atoms with E-state index in [0.29, 0.717) is 12.3 Å². The second-order valence-electron chi connectivity index (χ2n) is 6.52. The summed E-state index contributed by atoms with van der Waals surface area (Å²) in [5.41, 5.74) is -0.00844. The molecule has 0 bridgehead atoms. The molecule has 110 valence electrons. The zero-order valence-corrected chi connectivity index (χ0v) is 12.6. The van der Waals surface area contributed by atoms with Crippen molar-refractivity contribution >= 4 is 5.91 Å². The van der Waals surface area contributed by atoms with Crippen LogP contribution in [0.4, 0.5) is 0 Å². The largest absolute Gasteiger partial charge is 0.343 e. The highest BCUT2D eigenvalue weighted by atomic mass is 16.2. The summed E-state index contributed by atoms with van der Waals surface area (Å²) in [6, 6.07) is 0. The molecule has 0 unspecified atom stereocenters. The lowest BCUT2D eigenvalue weighted by molar-refractivity contribution is -0.134. The zero-order valence-electron chi connectivity index (χ0n) is 12.6. The molecule has 0 radical (unpaired) electrons. The van der Waals surface area contributed by atoms with Crippen molar-refractivity contribution in [3.63, 3.8) is 0 Å². The molecule has 0 aromatic rings. The molecule has 1 amide bonds. The average molecular weight is 267 g/mol. The Kier molecular flexibility index (Phi) is 5.22. The Morgan fingerprint density at radius 3 is 2.16 bits per heavy atom.